The molecule has 1 N–H and O–H groups in total. The number of ether oxygens (including phenoxy) is 2. The van der Waals surface area contributed by atoms with Crippen LogP contribution >= 0.6 is 0 Å². The first-order valence-electron chi connectivity index (χ1n) is 8.32. The van der Waals surface area contributed by atoms with Gasteiger partial charge < -0.3 is 19.7 Å². The van der Waals surface area contributed by atoms with Gasteiger partial charge in [-0.1, -0.05) is 18.2 Å². The standard InChI is InChI=1S/C20H26N2O3/c1-15-6-5-7-16(2)20(15)21-14-19(23)22(3)12-13-25-18-10-8-17(24-4)9-11-18/h5-11,21H,12-14H2,1-4H3. The van der Waals surface area contributed by atoms with E-state index in [9.17, 15) is 4.79 Å². The number of nitrogens with one attached hydrogen (secondary N) is 1. The molecule has 0 aliphatic rings. The highest BCUT2D eigenvalue weighted by Crippen LogP contribution is 2.19. The van der Waals surface area contributed by atoms with Gasteiger partial charge >= 0.3 is 0 Å². The summed E-state index contributed by atoms with van der Waals surface area (Å²) in [7, 11) is 3.41. The zero-order valence-electron chi connectivity index (χ0n) is 15.3. The molecule has 0 atom stereocenters. The van der Waals surface area contributed by atoms with E-state index in [1.54, 1.807) is 19.1 Å². The van der Waals surface area contributed by atoms with Crippen LogP contribution in [0.3, 0.4) is 0 Å². The number of para-hydroxylation sites is 1. The lowest BCUT2D eigenvalue weighted by atomic mass is 10.1. The molecule has 25 heavy (non-hydrogen) atoms. The second-order valence-electron chi connectivity index (χ2n) is 5.96. The van der Waals surface area contributed by atoms with Crippen LogP contribution in [0.4, 0.5) is 5.69 Å². The van der Waals surface area contributed by atoms with Gasteiger partial charge in [-0.15, -0.1) is 0 Å². The Kier molecular flexibility index (Phi) is 6.69. The topological polar surface area (TPSA) is 50.8 Å². The van der Waals surface area contributed by atoms with E-state index in [-0.39, 0.29) is 12.5 Å². The second-order valence-corrected chi connectivity index (χ2v) is 5.96. The van der Waals surface area contributed by atoms with Crippen LogP contribution in [-0.2, 0) is 4.79 Å². The monoisotopic (exact) mass is 342 g/mol. The summed E-state index contributed by atoms with van der Waals surface area (Å²) in [6.45, 7) is 5.31. The number of carbonyl (C=O) groups is 1. The fourth-order valence-electron chi connectivity index (χ4n) is 2.49. The van der Waals surface area contributed by atoms with Crippen molar-refractivity contribution in [1.82, 2.24) is 4.90 Å². The number of benzene rings is 2. The maximum atomic E-state index is 12.3. The quantitative estimate of drug-likeness (QED) is 0.800. The van der Waals surface area contributed by atoms with Crippen LogP contribution in [0.5, 0.6) is 11.5 Å². The Morgan fingerprint density at radius 2 is 1.64 bits per heavy atom. The Labute approximate surface area is 149 Å². The molecule has 0 spiro atoms. The maximum Gasteiger partial charge on any atom is 0.241 e. The predicted octanol–water partition coefficient (Wildman–Crippen LogP) is 3.26. The van der Waals surface area contributed by atoms with Gasteiger partial charge in [-0.3, -0.25) is 4.79 Å². The molecule has 0 aromatic heterocycles. The zero-order valence-corrected chi connectivity index (χ0v) is 15.3. The van der Waals surface area contributed by atoms with Crippen LogP contribution in [0.1, 0.15) is 11.1 Å². The minimum atomic E-state index is 0.0287. The summed E-state index contributed by atoms with van der Waals surface area (Å²) >= 11 is 0. The van der Waals surface area contributed by atoms with Crippen LogP contribution in [0, 0.1) is 13.8 Å². The lowest BCUT2D eigenvalue weighted by molar-refractivity contribution is -0.128. The van der Waals surface area contributed by atoms with Gasteiger partial charge in [-0.25, -0.2) is 0 Å². The van der Waals surface area contributed by atoms with Crippen molar-refractivity contribution in [2.45, 2.75) is 13.8 Å². The molecule has 0 unspecified atom stereocenters. The van der Waals surface area contributed by atoms with E-state index in [0.717, 1.165) is 28.3 Å². The first kappa shape index (κ1) is 18.6. The number of amides is 1. The van der Waals surface area contributed by atoms with Gasteiger partial charge in [0.05, 0.1) is 20.2 Å². The van der Waals surface area contributed by atoms with Crippen molar-refractivity contribution >= 4 is 11.6 Å². The minimum Gasteiger partial charge on any atom is -0.497 e. The summed E-state index contributed by atoms with van der Waals surface area (Å²) in [4.78, 5) is 13.9. The summed E-state index contributed by atoms with van der Waals surface area (Å²) in [5.41, 5.74) is 3.30. The van der Waals surface area contributed by atoms with Crippen LogP contribution in [0.15, 0.2) is 42.5 Å². The summed E-state index contributed by atoms with van der Waals surface area (Å²) in [5.74, 6) is 1.58. The Morgan fingerprint density at radius 1 is 1.04 bits per heavy atom. The van der Waals surface area contributed by atoms with Crippen molar-refractivity contribution in [1.29, 1.82) is 0 Å². The second kappa shape index (κ2) is 8.97. The fourth-order valence-corrected chi connectivity index (χ4v) is 2.49. The van der Waals surface area contributed by atoms with Gasteiger partial charge in [-0.05, 0) is 49.2 Å². The third-order valence-electron chi connectivity index (χ3n) is 4.08. The summed E-state index contributed by atoms with van der Waals surface area (Å²) < 4.78 is 10.8. The van der Waals surface area contributed by atoms with Crippen molar-refractivity contribution in [3.8, 4) is 11.5 Å². The first-order valence-corrected chi connectivity index (χ1v) is 8.32. The number of aryl methyl sites for hydroxylation is 2. The molecule has 5 heteroatoms. The van der Waals surface area contributed by atoms with E-state index >= 15 is 0 Å². The molecule has 0 aliphatic heterocycles. The molecule has 0 aliphatic carbocycles. The molecular formula is C20H26N2O3. The SMILES string of the molecule is COc1ccc(OCCN(C)C(=O)CNc2c(C)cccc2C)cc1. The number of nitrogens with zero attached hydrogens (tertiary/aromatic N) is 1. The van der Waals surface area contributed by atoms with E-state index < -0.39 is 0 Å². The van der Waals surface area contributed by atoms with Crippen LogP contribution in [-0.4, -0.2) is 44.7 Å². The van der Waals surface area contributed by atoms with Crippen molar-refractivity contribution in [2.24, 2.45) is 0 Å². The Hall–Kier alpha value is -2.69. The Bertz CT molecular complexity index is 678. The maximum absolute atomic E-state index is 12.3. The van der Waals surface area contributed by atoms with E-state index in [1.807, 2.05) is 56.3 Å². The zero-order chi connectivity index (χ0) is 18.2. The molecule has 0 radical (unpaired) electrons. The predicted molar refractivity (Wildman–Crippen MR) is 101 cm³/mol. The molecule has 0 heterocycles. The van der Waals surface area contributed by atoms with E-state index in [4.69, 9.17) is 9.47 Å². The lowest BCUT2D eigenvalue weighted by Gasteiger charge is -2.19. The van der Waals surface area contributed by atoms with Gasteiger partial charge in [0.25, 0.3) is 0 Å². The molecule has 0 bridgehead atoms. The van der Waals surface area contributed by atoms with Crippen molar-refractivity contribution < 1.29 is 14.3 Å². The summed E-state index contributed by atoms with van der Waals surface area (Å²) in [6, 6.07) is 13.5. The number of rotatable bonds is 8. The van der Waals surface area contributed by atoms with Gasteiger partial charge in [0, 0.05) is 12.7 Å². The van der Waals surface area contributed by atoms with Gasteiger partial charge in [0.15, 0.2) is 0 Å². The van der Waals surface area contributed by atoms with E-state index in [1.165, 1.54) is 0 Å². The van der Waals surface area contributed by atoms with Crippen molar-refractivity contribution in [3.63, 3.8) is 0 Å². The largest absolute Gasteiger partial charge is 0.497 e. The molecule has 0 saturated carbocycles. The smallest absolute Gasteiger partial charge is 0.241 e. The molecule has 1 amide bonds. The van der Waals surface area contributed by atoms with Crippen molar-refractivity contribution in [3.05, 3.63) is 53.6 Å². The van der Waals surface area contributed by atoms with Crippen LogP contribution < -0.4 is 14.8 Å². The normalized spacial score (nSPS) is 10.2. The highest BCUT2D eigenvalue weighted by atomic mass is 16.5. The van der Waals surface area contributed by atoms with Crippen LogP contribution in [0.25, 0.3) is 0 Å². The molecule has 5 nitrogen and oxygen atoms in total. The first-order chi connectivity index (χ1) is 12.0. The average molecular weight is 342 g/mol. The molecule has 0 saturated heterocycles. The number of carbonyl (C=O) groups excluding carboxylic acids is 1. The van der Waals surface area contributed by atoms with Crippen molar-refractivity contribution in [2.75, 3.05) is 39.2 Å². The summed E-state index contributed by atoms with van der Waals surface area (Å²) in [6.07, 6.45) is 0. The molecule has 134 valence electrons. The molecule has 2 aromatic rings. The number of likely N-dealkylation sites (N-methyl/N-ethyl adjacent to an activating group) is 1. The summed E-state index contributed by atoms with van der Waals surface area (Å²) in [5, 5.41) is 3.24. The van der Waals surface area contributed by atoms with E-state index in [0.29, 0.717) is 13.2 Å². The molecule has 2 rings (SSSR count). The van der Waals surface area contributed by atoms with Gasteiger partial charge in [0.1, 0.15) is 18.1 Å². The highest BCUT2D eigenvalue weighted by molar-refractivity contribution is 5.81. The molecule has 2 aromatic carbocycles. The third kappa shape index (κ3) is 5.41. The Morgan fingerprint density at radius 3 is 2.24 bits per heavy atom. The Balaban J connectivity index is 1.76. The number of hydrogen-bond donors (Lipinski definition) is 1. The number of anilines is 1. The number of hydrogen-bond acceptors (Lipinski definition) is 4. The number of methoxy groups -OCH3 is 1. The van der Waals surface area contributed by atoms with Gasteiger partial charge in [0.2, 0.25) is 5.91 Å². The van der Waals surface area contributed by atoms with Gasteiger partial charge in [-0.2, -0.15) is 0 Å². The lowest BCUT2D eigenvalue weighted by Crippen LogP contribution is -2.35. The molecular weight excluding hydrogens is 316 g/mol. The average Bonchev–Trinajstić information content (AvgIpc) is 2.61. The fraction of sp³-hybridized carbons (Fsp3) is 0.350. The highest BCUT2D eigenvalue weighted by Gasteiger charge is 2.10. The third-order valence-corrected chi connectivity index (χ3v) is 4.08. The van der Waals surface area contributed by atoms with E-state index in [2.05, 4.69) is 5.32 Å². The minimum absolute atomic E-state index is 0.0287. The van der Waals surface area contributed by atoms with Crippen LogP contribution in [0.2, 0.25) is 0 Å². The molecule has 0 fully saturated rings.